The zero-order valence-electron chi connectivity index (χ0n) is 19.9. The Labute approximate surface area is 218 Å². The average Bonchev–Trinajstić information content (AvgIpc) is 3.30. The van der Waals surface area contributed by atoms with Crippen molar-refractivity contribution in [3.63, 3.8) is 0 Å². The summed E-state index contributed by atoms with van der Waals surface area (Å²) in [7, 11) is -4.52. The van der Waals surface area contributed by atoms with Crippen molar-refractivity contribution in [2.24, 2.45) is 0 Å². The number of ether oxygens (including phenoxy) is 1. The van der Waals surface area contributed by atoms with Crippen LogP contribution >= 0.6 is 0 Å². The van der Waals surface area contributed by atoms with Crippen LogP contribution in [0.15, 0.2) is 59.5 Å². The molecule has 4 rings (SSSR count). The largest absolute Gasteiger partial charge is 0.492 e. The van der Waals surface area contributed by atoms with Crippen molar-refractivity contribution < 1.29 is 40.2 Å². The predicted octanol–water partition coefficient (Wildman–Crippen LogP) is 3.94. The molecule has 208 valence electrons. The Morgan fingerprint density at radius 3 is 2.54 bits per heavy atom. The summed E-state index contributed by atoms with van der Waals surface area (Å²) < 4.78 is 99.7. The van der Waals surface area contributed by atoms with Crippen LogP contribution in [0.25, 0.3) is 10.9 Å². The van der Waals surface area contributed by atoms with E-state index in [0.29, 0.717) is 5.75 Å². The van der Waals surface area contributed by atoms with Gasteiger partial charge in [-0.1, -0.05) is 6.07 Å². The molecule has 39 heavy (non-hydrogen) atoms. The highest BCUT2D eigenvalue weighted by atomic mass is 32.2. The monoisotopic (exact) mass is 571 g/mol. The molecule has 1 heterocycles. The number of benzene rings is 3. The zero-order chi connectivity index (χ0) is 28.4. The number of aliphatic hydroxyl groups excluding tert-OH is 1. The van der Waals surface area contributed by atoms with Gasteiger partial charge < -0.3 is 20.9 Å². The zero-order valence-corrected chi connectivity index (χ0v) is 20.7. The van der Waals surface area contributed by atoms with Gasteiger partial charge in [0.2, 0.25) is 0 Å². The fraction of sp³-hybridized carbons (Fsp3) is 0.208. The Morgan fingerprint density at radius 2 is 1.79 bits per heavy atom. The van der Waals surface area contributed by atoms with Crippen LogP contribution in [-0.2, 0) is 16.2 Å². The summed E-state index contributed by atoms with van der Waals surface area (Å²) in [5.41, 5.74) is 4.32. The van der Waals surface area contributed by atoms with Crippen molar-refractivity contribution in [2.45, 2.75) is 17.2 Å². The number of nitrogens with two attached hydrogens (primary N) is 1. The number of nitrogens with zero attached hydrogens (tertiary/aromatic N) is 1. The standard InChI is InChI=1S/C24H22F5N5O4S/c25-17-5-1-13(9-20(17)34-39(36,37)22-10-14(30)2-6-18(22)26)21(35)12-31-7-8-38-15-3-4-16-19(11-15)32-33-23(16)24(27,28)29/h1-6,9-11,21,31,34-35H,7-8,12,30H2,(H,32,33). The van der Waals surface area contributed by atoms with Crippen LogP contribution in [0.2, 0.25) is 0 Å². The van der Waals surface area contributed by atoms with Gasteiger partial charge in [-0.2, -0.15) is 18.3 Å². The first kappa shape index (κ1) is 28.1. The van der Waals surface area contributed by atoms with E-state index in [1.165, 1.54) is 30.3 Å². The molecule has 0 saturated heterocycles. The van der Waals surface area contributed by atoms with Gasteiger partial charge in [0, 0.05) is 30.2 Å². The first-order valence-corrected chi connectivity index (χ1v) is 12.8. The molecule has 9 nitrogen and oxygen atoms in total. The summed E-state index contributed by atoms with van der Waals surface area (Å²) in [4.78, 5) is -0.762. The number of fused-ring (bicyclic) bond motifs is 1. The smallest absolute Gasteiger partial charge is 0.435 e. The van der Waals surface area contributed by atoms with Crippen LogP contribution in [0.5, 0.6) is 5.75 Å². The van der Waals surface area contributed by atoms with Gasteiger partial charge in [-0.05, 0) is 48.0 Å². The Balaban J connectivity index is 1.32. The van der Waals surface area contributed by atoms with Gasteiger partial charge in [0.15, 0.2) is 5.69 Å². The number of aliphatic hydroxyl groups is 1. The molecular weight excluding hydrogens is 549 g/mol. The van der Waals surface area contributed by atoms with Gasteiger partial charge in [0.1, 0.15) is 28.9 Å². The van der Waals surface area contributed by atoms with Gasteiger partial charge >= 0.3 is 6.18 Å². The number of sulfonamides is 1. The number of nitrogen functional groups attached to an aromatic ring is 1. The molecule has 4 aromatic rings. The second kappa shape index (κ2) is 11.0. The topological polar surface area (TPSA) is 142 Å². The number of hydrogen-bond acceptors (Lipinski definition) is 7. The number of alkyl halides is 3. The summed E-state index contributed by atoms with van der Waals surface area (Å²) in [5, 5.41) is 18.9. The SMILES string of the molecule is Nc1ccc(F)c(S(=O)(=O)Nc2cc(C(O)CNCCOc3ccc4c(C(F)(F)F)n[nH]c4c3)ccc2F)c1. The number of nitrogens with one attached hydrogen (secondary N) is 3. The lowest BCUT2D eigenvalue weighted by molar-refractivity contribution is -0.139. The second-order valence-corrected chi connectivity index (χ2v) is 10.0. The van der Waals surface area contributed by atoms with Crippen LogP contribution < -0.4 is 20.5 Å². The lowest BCUT2D eigenvalue weighted by atomic mass is 10.1. The molecule has 6 N–H and O–H groups in total. The molecule has 0 aliphatic carbocycles. The highest BCUT2D eigenvalue weighted by molar-refractivity contribution is 7.92. The minimum Gasteiger partial charge on any atom is -0.492 e. The molecule has 15 heteroatoms. The van der Waals surface area contributed by atoms with Crippen molar-refractivity contribution in [3.05, 3.63) is 77.5 Å². The quantitative estimate of drug-likeness (QED) is 0.110. The summed E-state index contributed by atoms with van der Waals surface area (Å²) in [6.45, 7) is 0.291. The molecule has 1 unspecified atom stereocenters. The van der Waals surface area contributed by atoms with Gasteiger partial charge in [0.25, 0.3) is 10.0 Å². The average molecular weight is 572 g/mol. The number of aromatic nitrogens is 2. The fourth-order valence-electron chi connectivity index (χ4n) is 3.66. The lowest BCUT2D eigenvalue weighted by Crippen LogP contribution is -2.26. The summed E-state index contributed by atoms with van der Waals surface area (Å²) in [6, 6.07) is 10.2. The minimum absolute atomic E-state index is 0.00563. The van der Waals surface area contributed by atoms with E-state index in [4.69, 9.17) is 10.5 Å². The molecule has 3 aromatic carbocycles. The van der Waals surface area contributed by atoms with Crippen LogP contribution in [0.3, 0.4) is 0 Å². The maximum Gasteiger partial charge on any atom is 0.435 e. The van der Waals surface area contributed by atoms with Gasteiger partial charge in [-0.25, -0.2) is 17.2 Å². The first-order valence-electron chi connectivity index (χ1n) is 11.3. The van der Waals surface area contributed by atoms with Crippen molar-refractivity contribution >= 4 is 32.3 Å². The Kier molecular flexibility index (Phi) is 7.94. The number of rotatable bonds is 10. The maximum absolute atomic E-state index is 14.3. The third kappa shape index (κ3) is 6.55. The highest BCUT2D eigenvalue weighted by Gasteiger charge is 2.35. The lowest BCUT2D eigenvalue weighted by Gasteiger charge is -2.15. The molecule has 0 spiro atoms. The summed E-state index contributed by atoms with van der Waals surface area (Å²) >= 11 is 0. The van der Waals surface area contributed by atoms with Crippen LogP contribution in [0.4, 0.5) is 33.3 Å². The Morgan fingerprint density at radius 1 is 1.05 bits per heavy atom. The van der Waals surface area contributed by atoms with E-state index in [1.54, 1.807) is 0 Å². The van der Waals surface area contributed by atoms with Gasteiger partial charge in [-0.3, -0.25) is 9.82 Å². The number of anilines is 2. The van der Waals surface area contributed by atoms with E-state index in [1.807, 2.05) is 4.72 Å². The molecule has 0 fully saturated rings. The fourth-order valence-corrected chi connectivity index (χ4v) is 4.83. The molecule has 0 aliphatic heterocycles. The van der Waals surface area contributed by atoms with E-state index in [2.05, 4.69) is 15.5 Å². The molecule has 1 atom stereocenters. The third-order valence-corrected chi connectivity index (χ3v) is 6.93. The molecule has 0 amide bonds. The van der Waals surface area contributed by atoms with Gasteiger partial charge in [-0.15, -0.1) is 0 Å². The number of H-pyrrole nitrogens is 1. The molecule has 1 aromatic heterocycles. The van der Waals surface area contributed by atoms with E-state index < -0.39 is 50.2 Å². The molecular formula is C24H22F5N5O4S. The van der Waals surface area contributed by atoms with Crippen molar-refractivity contribution in [1.29, 1.82) is 0 Å². The van der Waals surface area contributed by atoms with Crippen LogP contribution in [0, 0.1) is 11.6 Å². The molecule has 0 bridgehead atoms. The number of hydrogen-bond donors (Lipinski definition) is 5. The highest BCUT2D eigenvalue weighted by Crippen LogP contribution is 2.34. The van der Waals surface area contributed by atoms with E-state index in [0.717, 1.165) is 24.3 Å². The van der Waals surface area contributed by atoms with Crippen molar-refractivity contribution in [3.8, 4) is 5.75 Å². The minimum atomic E-state index is -4.59. The second-order valence-electron chi connectivity index (χ2n) is 8.38. The summed E-state index contributed by atoms with van der Waals surface area (Å²) in [5.74, 6) is -1.72. The molecule has 0 saturated carbocycles. The summed E-state index contributed by atoms with van der Waals surface area (Å²) in [6.07, 6.45) is -5.77. The Bertz CT molecular complexity index is 1590. The van der Waals surface area contributed by atoms with Gasteiger partial charge in [0.05, 0.1) is 17.3 Å². The molecule has 0 aliphatic rings. The van der Waals surface area contributed by atoms with Crippen LogP contribution in [-0.4, -0.2) is 43.4 Å². The number of aromatic amines is 1. The van der Waals surface area contributed by atoms with Crippen molar-refractivity contribution in [1.82, 2.24) is 15.5 Å². The van der Waals surface area contributed by atoms with Crippen molar-refractivity contribution in [2.75, 3.05) is 30.2 Å². The molecule has 0 radical (unpaired) electrons. The third-order valence-electron chi connectivity index (χ3n) is 5.55. The van der Waals surface area contributed by atoms with E-state index in [9.17, 15) is 35.5 Å². The van der Waals surface area contributed by atoms with E-state index >= 15 is 0 Å². The number of halogens is 5. The normalized spacial score (nSPS) is 13.0. The predicted molar refractivity (Wildman–Crippen MR) is 132 cm³/mol. The van der Waals surface area contributed by atoms with E-state index in [-0.39, 0.29) is 41.9 Å². The van der Waals surface area contributed by atoms with Crippen LogP contribution in [0.1, 0.15) is 17.4 Å². The Hall–Kier alpha value is -3.95. The maximum atomic E-state index is 14.3. The first-order chi connectivity index (χ1) is 18.3.